The topological polar surface area (TPSA) is 137 Å². The lowest BCUT2D eigenvalue weighted by atomic mass is 10.2. The molecular weight excluding hydrogens is 446 g/mol. The number of hydrogen-bond acceptors (Lipinski definition) is 7. The lowest BCUT2D eigenvalue weighted by Gasteiger charge is -2.08. The van der Waals surface area contributed by atoms with Crippen molar-refractivity contribution in [3.63, 3.8) is 0 Å². The van der Waals surface area contributed by atoms with Gasteiger partial charge in [0, 0.05) is 10.6 Å². The van der Waals surface area contributed by atoms with Crippen molar-refractivity contribution in [2.45, 2.75) is 6.92 Å². The van der Waals surface area contributed by atoms with Crippen LogP contribution in [0.4, 0.5) is 16.2 Å². The minimum absolute atomic E-state index is 0.187. The van der Waals surface area contributed by atoms with Crippen LogP contribution >= 0.6 is 11.3 Å². The molecule has 170 valence electrons. The predicted octanol–water partition coefficient (Wildman–Crippen LogP) is 3.88. The smallest absolute Gasteiger partial charge is 0.350 e. The summed E-state index contributed by atoms with van der Waals surface area (Å²) in [4.78, 5) is 48.8. The first kappa shape index (κ1) is 23.5. The molecule has 3 amide bonds. The van der Waals surface area contributed by atoms with E-state index in [1.165, 1.54) is 35.6 Å². The highest BCUT2D eigenvalue weighted by molar-refractivity contribution is 7.18. The van der Waals surface area contributed by atoms with Crippen LogP contribution in [0.1, 0.15) is 27.0 Å². The van der Waals surface area contributed by atoms with Crippen LogP contribution in [0.2, 0.25) is 0 Å². The molecular formula is C23H21N3O6S. The Bertz CT molecular complexity index is 1160. The second kappa shape index (κ2) is 10.9. The summed E-state index contributed by atoms with van der Waals surface area (Å²) in [6, 6.07) is 16.1. The summed E-state index contributed by atoms with van der Waals surface area (Å²) in [6.07, 6.45) is 0. The fraction of sp³-hybridized carbons (Fsp3) is 0.130. The van der Waals surface area contributed by atoms with Gasteiger partial charge in [0.05, 0.1) is 17.9 Å². The van der Waals surface area contributed by atoms with Gasteiger partial charge >= 0.3 is 18.0 Å². The first-order chi connectivity index (χ1) is 15.9. The average Bonchev–Trinajstić information content (AvgIpc) is 3.22. The maximum Gasteiger partial charge on any atom is 0.350 e. The van der Waals surface area contributed by atoms with Crippen LogP contribution in [0.15, 0.2) is 60.7 Å². The van der Waals surface area contributed by atoms with Crippen molar-refractivity contribution >= 4 is 46.6 Å². The summed E-state index contributed by atoms with van der Waals surface area (Å²) in [5, 5.41) is 4.98. The Morgan fingerprint density at radius 1 is 0.909 bits per heavy atom. The lowest BCUT2D eigenvalue weighted by Crippen LogP contribution is -2.22. The van der Waals surface area contributed by atoms with Gasteiger partial charge in [0.25, 0.3) is 5.91 Å². The highest BCUT2D eigenvalue weighted by Crippen LogP contribution is 2.35. The molecule has 0 spiro atoms. The van der Waals surface area contributed by atoms with Gasteiger partial charge < -0.3 is 25.8 Å². The van der Waals surface area contributed by atoms with Crippen molar-refractivity contribution in [2.75, 3.05) is 23.8 Å². The Labute approximate surface area is 193 Å². The standard InChI is InChI=1S/C23H21N3O6S/c1-2-31-22(29)20-17(12-18(33-20)14-6-4-3-5-7-14)26-19(27)13-32-21(28)15-8-10-16(11-9-15)25-23(24)30/h3-12H,2,13H2,1H3,(H,26,27)(H3,24,25,30). The Kier molecular flexibility index (Phi) is 7.77. The van der Waals surface area contributed by atoms with Crippen LogP contribution in [0.25, 0.3) is 10.4 Å². The summed E-state index contributed by atoms with van der Waals surface area (Å²) in [5.74, 6) is -1.89. The molecule has 9 nitrogen and oxygen atoms in total. The fourth-order valence-electron chi connectivity index (χ4n) is 2.81. The minimum atomic E-state index is -0.729. The number of carbonyl (C=O) groups is 4. The van der Waals surface area contributed by atoms with Gasteiger partial charge in [-0.05, 0) is 42.8 Å². The van der Waals surface area contributed by atoms with Crippen LogP contribution in [-0.2, 0) is 14.3 Å². The van der Waals surface area contributed by atoms with Gasteiger partial charge in [-0.25, -0.2) is 14.4 Å². The molecule has 1 heterocycles. The molecule has 4 N–H and O–H groups in total. The molecule has 2 aromatic carbocycles. The molecule has 0 fully saturated rings. The third kappa shape index (κ3) is 6.40. The summed E-state index contributed by atoms with van der Waals surface area (Å²) >= 11 is 1.19. The van der Waals surface area contributed by atoms with Crippen molar-refractivity contribution in [1.29, 1.82) is 0 Å². The van der Waals surface area contributed by atoms with E-state index >= 15 is 0 Å². The van der Waals surface area contributed by atoms with Crippen molar-refractivity contribution in [3.8, 4) is 10.4 Å². The number of nitrogens with two attached hydrogens (primary N) is 1. The third-order valence-corrected chi connectivity index (χ3v) is 5.41. The number of benzene rings is 2. The van der Waals surface area contributed by atoms with E-state index in [1.807, 2.05) is 30.3 Å². The van der Waals surface area contributed by atoms with E-state index in [4.69, 9.17) is 15.2 Å². The van der Waals surface area contributed by atoms with Gasteiger partial charge in [0.15, 0.2) is 6.61 Å². The molecule has 0 atom stereocenters. The van der Waals surface area contributed by atoms with Crippen molar-refractivity contribution in [1.82, 2.24) is 0 Å². The van der Waals surface area contributed by atoms with Crippen LogP contribution in [0.3, 0.4) is 0 Å². The fourth-order valence-corrected chi connectivity index (χ4v) is 3.82. The highest BCUT2D eigenvalue weighted by atomic mass is 32.1. The SMILES string of the molecule is CCOC(=O)c1sc(-c2ccccc2)cc1NC(=O)COC(=O)c1ccc(NC(N)=O)cc1. The van der Waals surface area contributed by atoms with Gasteiger partial charge in [-0.3, -0.25) is 4.79 Å². The molecule has 0 saturated carbocycles. The zero-order chi connectivity index (χ0) is 23.8. The minimum Gasteiger partial charge on any atom is -0.462 e. The van der Waals surface area contributed by atoms with E-state index in [-0.39, 0.29) is 22.7 Å². The number of ether oxygens (including phenoxy) is 2. The maximum absolute atomic E-state index is 12.4. The normalized spacial score (nSPS) is 10.2. The molecule has 0 unspecified atom stereocenters. The van der Waals surface area contributed by atoms with Crippen molar-refractivity contribution in [3.05, 3.63) is 71.1 Å². The second-order valence-electron chi connectivity index (χ2n) is 6.63. The summed E-state index contributed by atoms with van der Waals surface area (Å²) in [5.41, 5.74) is 6.79. The number of primary amides is 1. The summed E-state index contributed by atoms with van der Waals surface area (Å²) < 4.78 is 10.1. The molecule has 0 radical (unpaired) electrons. The Hall–Kier alpha value is -4.18. The number of thiophene rings is 1. The lowest BCUT2D eigenvalue weighted by molar-refractivity contribution is -0.119. The van der Waals surface area contributed by atoms with E-state index in [0.29, 0.717) is 5.69 Å². The molecule has 10 heteroatoms. The molecule has 0 bridgehead atoms. The Balaban J connectivity index is 1.66. The number of anilines is 2. The summed E-state index contributed by atoms with van der Waals surface area (Å²) in [7, 11) is 0. The molecule has 0 aliphatic heterocycles. The van der Waals surface area contributed by atoms with Gasteiger partial charge in [-0.15, -0.1) is 11.3 Å². The molecule has 3 aromatic rings. The number of nitrogens with one attached hydrogen (secondary N) is 2. The number of urea groups is 1. The predicted molar refractivity (Wildman–Crippen MR) is 124 cm³/mol. The van der Waals surface area contributed by atoms with Crippen LogP contribution in [0, 0.1) is 0 Å². The quantitative estimate of drug-likeness (QED) is 0.430. The second-order valence-corrected chi connectivity index (χ2v) is 7.68. The van der Waals surface area contributed by atoms with Crippen molar-refractivity contribution in [2.24, 2.45) is 5.73 Å². The number of hydrogen-bond donors (Lipinski definition) is 3. The van der Waals surface area contributed by atoms with E-state index < -0.39 is 30.5 Å². The number of esters is 2. The monoisotopic (exact) mass is 467 g/mol. The van der Waals surface area contributed by atoms with E-state index in [9.17, 15) is 19.2 Å². The molecule has 1 aromatic heterocycles. The Morgan fingerprint density at radius 2 is 1.61 bits per heavy atom. The van der Waals surface area contributed by atoms with E-state index in [2.05, 4.69) is 10.6 Å². The van der Waals surface area contributed by atoms with Gasteiger partial charge in [-0.1, -0.05) is 30.3 Å². The number of rotatable bonds is 8. The highest BCUT2D eigenvalue weighted by Gasteiger charge is 2.20. The molecule has 33 heavy (non-hydrogen) atoms. The Morgan fingerprint density at radius 3 is 2.24 bits per heavy atom. The molecule has 3 rings (SSSR count). The number of carbonyl (C=O) groups excluding carboxylic acids is 4. The van der Waals surface area contributed by atoms with Gasteiger partial charge in [-0.2, -0.15) is 0 Å². The maximum atomic E-state index is 12.4. The van der Waals surface area contributed by atoms with Crippen LogP contribution < -0.4 is 16.4 Å². The van der Waals surface area contributed by atoms with Crippen LogP contribution in [0.5, 0.6) is 0 Å². The zero-order valence-corrected chi connectivity index (χ0v) is 18.4. The first-order valence-electron chi connectivity index (χ1n) is 9.87. The number of amides is 3. The third-order valence-electron chi connectivity index (χ3n) is 4.25. The van der Waals surface area contributed by atoms with Crippen molar-refractivity contribution < 1.29 is 28.7 Å². The molecule has 0 aliphatic carbocycles. The van der Waals surface area contributed by atoms with E-state index in [0.717, 1.165) is 10.4 Å². The van der Waals surface area contributed by atoms with E-state index in [1.54, 1.807) is 13.0 Å². The zero-order valence-electron chi connectivity index (χ0n) is 17.6. The van der Waals surface area contributed by atoms with Gasteiger partial charge in [0.2, 0.25) is 0 Å². The summed E-state index contributed by atoms with van der Waals surface area (Å²) in [6.45, 7) is 1.33. The molecule has 0 aliphatic rings. The van der Waals surface area contributed by atoms with Crippen LogP contribution in [-0.4, -0.2) is 37.1 Å². The molecule has 0 saturated heterocycles. The largest absolute Gasteiger partial charge is 0.462 e. The van der Waals surface area contributed by atoms with Gasteiger partial charge in [0.1, 0.15) is 4.88 Å². The average molecular weight is 468 g/mol. The first-order valence-corrected chi connectivity index (χ1v) is 10.7.